The summed E-state index contributed by atoms with van der Waals surface area (Å²) in [6, 6.07) is 7.03. The van der Waals surface area contributed by atoms with Crippen molar-refractivity contribution in [1.82, 2.24) is 15.2 Å². The largest absolute Gasteiger partial charge is 0.304 e. The van der Waals surface area contributed by atoms with Crippen LogP contribution in [0.5, 0.6) is 0 Å². The first-order valence-corrected chi connectivity index (χ1v) is 5.75. The van der Waals surface area contributed by atoms with Gasteiger partial charge in [0.2, 0.25) is 0 Å². The second-order valence-corrected chi connectivity index (χ2v) is 5.09. The number of pyridine rings is 1. The molecule has 0 aliphatic carbocycles. The Balaban J connectivity index is 2.11. The smallest absolute Gasteiger partial charge is 0.275 e. The molecule has 0 radical (unpaired) electrons. The lowest BCUT2D eigenvalue weighted by Gasteiger charge is -2.14. The van der Waals surface area contributed by atoms with E-state index in [0.29, 0.717) is 11.5 Å². The average molecular weight is 244 g/mol. The van der Waals surface area contributed by atoms with Crippen molar-refractivity contribution in [3.63, 3.8) is 0 Å². The number of amides is 1. The summed E-state index contributed by atoms with van der Waals surface area (Å²) in [7, 11) is 0. The molecular weight excluding hydrogens is 228 g/mol. The van der Waals surface area contributed by atoms with Gasteiger partial charge in [0.05, 0.1) is 0 Å². The summed E-state index contributed by atoms with van der Waals surface area (Å²) >= 11 is 0. The van der Waals surface area contributed by atoms with E-state index in [0.717, 1.165) is 5.69 Å². The van der Waals surface area contributed by atoms with Crippen molar-refractivity contribution in [2.75, 3.05) is 5.32 Å². The number of rotatable bonds is 2. The molecule has 1 amide bonds. The third-order valence-electron chi connectivity index (χ3n) is 2.53. The molecule has 0 aliphatic rings. The number of aromatic amines is 1. The zero-order valence-electron chi connectivity index (χ0n) is 10.7. The highest BCUT2D eigenvalue weighted by Crippen LogP contribution is 2.21. The van der Waals surface area contributed by atoms with Gasteiger partial charge in [-0.2, -0.15) is 5.10 Å². The molecule has 5 nitrogen and oxygen atoms in total. The van der Waals surface area contributed by atoms with Gasteiger partial charge < -0.3 is 5.32 Å². The van der Waals surface area contributed by atoms with Crippen LogP contribution in [0.3, 0.4) is 0 Å². The van der Waals surface area contributed by atoms with Gasteiger partial charge in [0.25, 0.3) is 5.91 Å². The minimum atomic E-state index is -0.262. The van der Waals surface area contributed by atoms with Crippen LogP contribution < -0.4 is 5.32 Å². The van der Waals surface area contributed by atoms with Crippen molar-refractivity contribution in [2.24, 2.45) is 0 Å². The quantitative estimate of drug-likeness (QED) is 0.851. The summed E-state index contributed by atoms with van der Waals surface area (Å²) in [5.74, 6) is 0.248. The van der Waals surface area contributed by atoms with E-state index in [1.54, 1.807) is 24.4 Å². The number of hydrogen-bond donors (Lipinski definition) is 2. The van der Waals surface area contributed by atoms with E-state index in [1.165, 1.54) is 0 Å². The molecule has 0 atom stereocenters. The Morgan fingerprint density at radius 2 is 2.11 bits per heavy atom. The monoisotopic (exact) mass is 244 g/mol. The first kappa shape index (κ1) is 12.3. The summed E-state index contributed by atoms with van der Waals surface area (Å²) in [6.07, 6.45) is 1.58. The van der Waals surface area contributed by atoms with Crippen LogP contribution in [0.15, 0.2) is 30.5 Å². The Morgan fingerprint density at radius 1 is 1.33 bits per heavy atom. The molecule has 0 aromatic carbocycles. The lowest BCUT2D eigenvalue weighted by atomic mass is 9.92. The van der Waals surface area contributed by atoms with E-state index >= 15 is 0 Å². The Kier molecular flexibility index (Phi) is 3.14. The van der Waals surface area contributed by atoms with Gasteiger partial charge in [-0.05, 0) is 12.1 Å². The van der Waals surface area contributed by atoms with Crippen molar-refractivity contribution in [3.05, 3.63) is 41.9 Å². The highest BCUT2D eigenvalue weighted by molar-refractivity contribution is 6.02. The van der Waals surface area contributed by atoms with Crippen molar-refractivity contribution < 1.29 is 4.79 Å². The average Bonchev–Trinajstić information content (AvgIpc) is 2.78. The molecule has 2 aromatic rings. The molecule has 2 heterocycles. The lowest BCUT2D eigenvalue weighted by molar-refractivity contribution is 0.102. The van der Waals surface area contributed by atoms with E-state index in [2.05, 4.69) is 41.3 Å². The molecule has 2 aromatic heterocycles. The summed E-state index contributed by atoms with van der Waals surface area (Å²) < 4.78 is 0. The van der Waals surface area contributed by atoms with Gasteiger partial charge in [-0.25, -0.2) is 0 Å². The first-order chi connectivity index (χ1) is 8.47. The highest BCUT2D eigenvalue weighted by Gasteiger charge is 2.17. The molecule has 0 unspecified atom stereocenters. The third kappa shape index (κ3) is 2.74. The number of nitrogens with zero attached hydrogens (tertiary/aromatic N) is 2. The zero-order valence-corrected chi connectivity index (χ0v) is 10.7. The summed E-state index contributed by atoms with van der Waals surface area (Å²) in [5, 5.41) is 9.69. The number of aromatic nitrogens is 3. The number of carbonyl (C=O) groups is 1. The number of H-pyrrole nitrogens is 1. The van der Waals surface area contributed by atoms with E-state index in [4.69, 9.17) is 0 Å². The summed E-state index contributed by atoms with van der Waals surface area (Å²) in [4.78, 5) is 15.8. The second kappa shape index (κ2) is 4.60. The molecule has 94 valence electrons. The van der Waals surface area contributed by atoms with Gasteiger partial charge in [-0.15, -0.1) is 0 Å². The third-order valence-corrected chi connectivity index (χ3v) is 2.53. The van der Waals surface area contributed by atoms with Crippen molar-refractivity contribution in [1.29, 1.82) is 0 Å². The molecule has 0 spiro atoms. The van der Waals surface area contributed by atoms with Crippen LogP contribution in [0.25, 0.3) is 0 Å². The molecule has 0 saturated carbocycles. The molecule has 18 heavy (non-hydrogen) atoms. The highest BCUT2D eigenvalue weighted by atomic mass is 16.1. The SMILES string of the molecule is CC(C)(C)c1cc(NC(=O)c2ccccn2)n[nH]1. The standard InChI is InChI=1S/C13H16N4O/c1-13(2,3)10-8-11(17-16-10)15-12(18)9-6-4-5-7-14-9/h4-8H,1-3H3,(H2,15,16,17,18). The van der Waals surface area contributed by atoms with Crippen LogP contribution in [0.2, 0.25) is 0 Å². The maximum Gasteiger partial charge on any atom is 0.275 e. The molecule has 2 rings (SSSR count). The van der Waals surface area contributed by atoms with Crippen LogP contribution in [-0.4, -0.2) is 21.1 Å². The van der Waals surface area contributed by atoms with Gasteiger partial charge in [0, 0.05) is 23.4 Å². The van der Waals surface area contributed by atoms with Gasteiger partial charge >= 0.3 is 0 Å². The number of hydrogen-bond acceptors (Lipinski definition) is 3. The maximum atomic E-state index is 11.8. The van der Waals surface area contributed by atoms with E-state index in [-0.39, 0.29) is 11.3 Å². The van der Waals surface area contributed by atoms with Gasteiger partial charge in [-0.3, -0.25) is 14.9 Å². The fraction of sp³-hybridized carbons (Fsp3) is 0.308. The summed E-state index contributed by atoms with van der Waals surface area (Å²) in [5.41, 5.74) is 1.32. The molecule has 0 aliphatic heterocycles. The maximum absolute atomic E-state index is 11.8. The fourth-order valence-corrected chi connectivity index (χ4v) is 1.45. The molecule has 5 heteroatoms. The molecule has 0 bridgehead atoms. The van der Waals surface area contributed by atoms with E-state index in [9.17, 15) is 4.79 Å². The predicted octanol–water partition coefficient (Wildman–Crippen LogP) is 2.35. The second-order valence-electron chi connectivity index (χ2n) is 5.09. The van der Waals surface area contributed by atoms with Crippen LogP contribution >= 0.6 is 0 Å². The summed E-state index contributed by atoms with van der Waals surface area (Å²) in [6.45, 7) is 6.22. The Morgan fingerprint density at radius 3 is 2.67 bits per heavy atom. The number of nitrogens with one attached hydrogen (secondary N) is 2. The first-order valence-electron chi connectivity index (χ1n) is 5.75. The Bertz CT molecular complexity index is 540. The fourth-order valence-electron chi connectivity index (χ4n) is 1.45. The molecule has 0 fully saturated rings. The van der Waals surface area contributed by atoms with Crippen LogP contribution in [0.1, 0.15) is 37.0 Å². The van der Waals surface area contributed by atoms with Crippen molar-refractivity contribution >= 4 is 11.7 Å². The Hall–Kier alpha value is -2.17. The van der Waals surface area contributed by atoms with Crippen molar-refractivity contribution in [3.8, 4) is 0 Å². The minimum Gasteiger partial charge on any atom is -0.304 e. The van der Waals surface area contributed by atoms with Crippen LogP contribution in [0, 0.1) is 0 Å². The van der Waals surface area contributed by atoms with Crippen molar-refractivity contribution in [2.45, 2.75) is 26.2 Å². The lowest BCUT2D eigenvalue weighted by Crippen LogP contribution is -2.13. The van der Waals surface area contributed by atoms with E-state index in [1.807, 2.05) is 6.07 Å². The molecule has 0 saturated heterocycles. The molecular formula is C13H16N4O. The van der Waals surface area contributed by atoms with Gasteiger partial charge in [0.1, 0.15) is 5.69 Å². The van der Waals surface area contributed by atoms with Crippen LogP contribution in [0.4, 0.5) is 5.82 Å². The topological polar surface area (TPSA) is 70.7 Å². The normalized spacial score (nSPS) is 11.3. The number of carbonyl (C=O) groups excluding carboxylic acids is 1. The predicted molar refractivity (Wildman–Crippen MR) is 69.5 cm³/mol. The molecule has 2 N–H and O–H groups in total. The van der Waals surface area contributed by atoms with Gasteiger partial charge in [-0.1, -0.05) is 26.8 Å². The zero-order chi connectivity index (χ0) is 13.2. The Labute approximate surface area is 106 Å². The van der Waals surface area contributed by atoms with Crippen LogP contribution in [-0.2, 0) is 5.41 Å². The van der Waals surface area contributed by atoms with E-state index < -0.39 is 0 Å². The number of anilines is 1. The van der Waals surface area contributed by atoms with Gasteiger partial charge in [0.15, 0.2) is 5.82 Å². The minimum absolute atomic E-state index is 0.0268.